The third kappa shape index (κ3) is 4.64. The first kappa shape index (κ1) is 30.8. The molecule has 0 saturated carbocycles. The van der Waals surface area contributed by atoms with Crippen molar-refractivity contribution in [1.29, 1.82) is 0 Å². The fourth-order valence-electron chi connectivity index (χ4n) is 8.64. The molecule has 3 heterocycles. The van der Waals surface area contributed by atoms with Crippen LogP contribution in [0.25, 0.3) is 116 Å². The number of furan rings is 1. The molecule has 0 N–H and O–H groups in total. The Kier molecular flexibility index (Phi) is 6.56. The summed E-state index contributed by atoms with van der Waals surface area (Å²) in [7, 11) is 0. The Bertz CT molecular complexity index is 3380. The van der Waals surface area contributed by atoms with Crippen LogP contribution in [0.1, 0.15) is 0 Å². The molecule has 3 aromatic heterocycles. The smallest absolute Gasteiger partial charge is 0.164 e. The maximum absolute atomic E-state index is 6.29. The second-order valence-corrected chi connectivity index (χ2v) is 14.4. The number of hydrogen-bond acceptors (Lipinski definition) is 4. The van der Waals surface area contributed by atoms with Crippen LogP contribution >= 0.6 is 0 Å². The van der Waals surface area contributed by atoms with Gasteiger partial charge in [0.25, 0.3) is 0 Å². The van der Waals surface area contributed by atoms with E-state index < -0.39 is 0 Å². The van der Waals surface area contributed by atoms with E-state index in [1.807, 2.05) is 30.3 Å². The third-order valence-corrected chi connectivity index (χ3v) is 11.2. The van der Waals surface area contributed by atoms with Crippen molar-refractivity contribution < 1.29 is 4.42 Å². The van der Waals surface area contributed by atoms with Crippen molar-refractivity contribution in [2.75, 3.05) is 0 Å². The van der Waals surface area contributed by atoms with Crippen LogP contribution in [-0.2, 0) is 0 Å². The van der Waals surface area contributed by atoms with Gasteiger partial charge in [-0.1, -0.05) is 140 Å². The van der Waals surface area contributed by atoms with Crippen LogP contribution in [-0.4, -0.2) is 19.5 Å². The Morgan fingerprint density at radius 3 is 1.50 bits per heavy atom. The first-order chi connectivity index (χ1) is 27.7. The molecule has 9 aromatic carbocycles. The number of fused-ring (bicyclic) bond motifs is 6. The van der Waals surface area contributed by atoms with Gasteiger partial charge in [-0.15, -0.1) is 0 Å². The Labute approximate surface area is 321 Å². The van der Waals surface area contributed by atoms with E-state index in [0.717, 1.165) is 55.4 Å². The zero-order valence-corrected chi connectivity index (χ0v) is 30.0. The highest BCUT2D eigenvalue weighted by Gasteiger charge is 2.20. The van der Waals surface area contributed by atoms with Crippen LogP contribution in [0, 0.1) is 0 Å². The SMILES string of the molecule is c1ccc(-c2ccc(-c3nc(-c4cccc(-n5c6cccc7c8ccccc8c8cccc5c8c76)c4)nc(-c4ccc5c(c4)oc4ccccc45)n3)cc2)cc1. The van der Waals surface area contributed by atoms with Crippen molar-refractivity contribution >= 4 is 65.3 Å². The summed E-state index contributed by atoms with van der Waals surface area (Å²) in [5, 5.41) is 9.79. The van der Waals surface area contributed by atoms with Crippen LogP contribution < -0.4 is 0 Å². The molecule has 0 fully saturated rings. The fourth-order valence-corrected chi connectivity index (χ4v) is 8.64. The van der Waals surface area contributed by atoms with Gasteiger partial charge >= 0.3 is 0 Å². The topological polar surface area (TPSA) is 56.7 Å². The molecule has 5 heteroatoms. The van der Waals surface area contributed by atoms with Crippen molar-refractivity contribution in [2.45, 2.75) is 0 Å². The standard InChI is InChI=1S/C51H30N4O/c1-2-11-31(12-3-1)32-23-25-33(26-24-32)49-52-50(54-51(53-49)35-27-28-40-39-17-6-7-22-45(39)56-46(40)30-35)34-13-8-14-36(29-34)55-43-20-9-18-41-37-15-4-5-16-38(37)42-19-10-21-44(55)48(42)47(41)43/h1-30H. The van der Waals surface area contributed by atoms with Gasteiger partial charge in [-0.3, -0.25) is 0 Å². The number of hydrogen-bond donors (Lipinski definition) is 0. The summed E-state index contributed by atoms with van der Waals surface area (Å²) < 4.78 is 8.68. The van der Waals surface area contributed by atoms with E-state index in [9.17, 15) is 0 Å². The lowest BCUT2D eigenvalue weighted by molar-refractivity contribution is 0.669. The Morgan fingerprint density at radius 2 is 0.804 bits per heavy atom. The molecule has 0 saturated heterocycles. The maximum atomic E-state index is 6.29. The summed E-state index contributed by atoms with van der Waals surface area (Å²) in [6, 6.07) is 63.8. The van der Waals surface area contributed by atoms with Crippen molar-refractivity contribution in [1.82, 2.24) is 19.5 Å². The molecule has 56 heavy (non-hydrogen) atoms. The monoisotopic (exact) mass is 714 g/mol. The molecule has 0 aliphatic heterocycles. The summed E-state index contributed by atoms with van der Waals surface area (Å²) in [4.78, 5) is 15.4. The quantitative estimate of drug-likeness (QED) is 0.167. The average molecular weight is 715 g/mol. The minimum absolute atomic E-state index is 0.583. The zero-order valence-electron chi connectivity index (χ0n) is 30.0. The zero-order chi connectivity index (χ0) is 36.7. The molecule has 12 aromatic rings. The summed E-state index contributed by atoms with van der Waals surface area (Å²) >= 11 is 0. The first-order valence-electron chi connectivity index (χ1n) is 18.9. The molecule has 0 spiro atoms. The normalized spacial score (nSPS) is 11.9. The van der Waals surface area contributed by atoms with Gasteiger partial charge < -0.3 is 8.98 Å². The number of rotatable bonds is 5. The Balaban J connectivity index is 1.05. The van der Waals surface area contributed by atoms with E-state index >= 15 is 0 Å². The summed E-state index contributed by atoms with van der Waals surface area (Å²) in [5.41, 5.74) is 10.0. The molecule has 0 amide bonds. The highest BCUT2D eigenvalue weighted by Crippen LogP contribution is 2.44. The van der Waals surface area contributed by atoms with Crippen LogP contribution in [0.4, 0.5) is 0 Å². The van der Waals surface area contributed by atoms with Gasteiger partial charge in [0, 0.05) is 43.9 Å². The van der Waals surface area contributed by atoms with Crippen LogP contribution in [0.5, 0.6) is 0 Å². The summed E-state index contributed by atoms with van der Waals surface area (Å²) in [6.07, 6.45) is 0. The predicted octanol–water partition coefficient (Wildman–Crippen LogP) is 13.3. The fraction of sp³-hybridized carbons (Fsp3) is 0. The van der Waals surface area contributed by atoms with Crippen LogP contribution in [0.3, 0.4) is 0 Å². The van der Waals surface area contributed by atoms with Crippen molar-refractivity contribution in [3.8, 4) is 51.0 Å². The molecule has 0 radical (unpaired) electrons. The third-order valence-electron chi connectivity index (χ3n) is 11.2. The van der Waals surface area contributed by atoms with Crippen molar-refractivity contribution in [2.24, 2.45) is 0 Å². The lowest BCUT2D eigenvalue weighted by Crippen LogP contribution is -2.01. The molecule has 0 atom stereocenters. The molecule has 0 aliphatic carbocycles. The summed E-state index contributed by atoms with van der Waals surface area (Å²) in [6.45, 7) is 0. The lowest BCUT2D eigenvalue weighted by atomic mass is 9.95. The van der Waals surface area contributed by atoms with Crippen LogP contribution in [0.2, 0.25) is 0 Å². The van der Waals surface area contributed by atoms with Gasteiger partial charge in [-0.05, 0) is 75.1 Å². The van der Waals surface area contributed by atoms with Gasteiger partial charge in [0.15, 0.2) is 17.5 Å². The molecule has 260 valence electrons. The molecular formula is C51H30N4O. The van der Waals surface area contributed by atoms with Crippen LogP contribution in [0.15, 0.2) is 186 Å². The second kappa shape index (κ2) is 11.9. The van der Waals surface area contributed by atoms with Crippen molar-refractivity contribution in [3.05, 3.63) is 182 Å². The predicted molar refractivity (Wildman–Crippen MR) is 229 cm³/mol. The van der Waals surface area contributed by atoms with Gasteiger partial charge in [-0.2, -0.15) is 0 Å². The van der Waals surface area contributed by atoms with E-state index in [-0.39, 0.29) is 0 Å². The van der Waals surface area contributed by atoms with E-state index in [1.165, 1.54) is 43.4 Å². The van der Waals surface area contributed by atoms with Gasteiger partial charge in [0.05, 0.1) is 11.0 Å². The minimum atomic E-state index is 0.583. The largest absolute Gasteiger partial charge is 0.456 e. The summed E-state index contributed by atoms with van der Waals surface area (Å²) in [5.74, 6) is 1.79. The maximum Gasteiger partial charge on any atom is 0.164 e. The minimum Gasteiger partial charge on any atom is -0.456 e. The number of para-hydroxylation sites is 1. The molecule has 12 rings (SSSR count). The Hall–Kier alpha value is -7.63. The van der Waals surface area contributed by atoms with Gasteiger partial charge in [0.2, 0.25) is 0 Å². The van der Waals surface area contributed by atoms with E-state index in [0.29, 0.717) is 17.5 Å². The molecule has 0 aliphatic rings. The van der Waals surface area contributed by atoms with E-state index in [4.69, 9.17) is 19.4 Å². The number of nitrogens with zero attached hydrogens (tertiary/aromatic N) is 4. The molecule has 0 bridgehead atoms. The van der Waals surface area contributed by atoms with Gasteiger partial charge in [0.1, 0.15) is 11.2 Å². The van der Waals surface area contributed by atoms with Crippen molar-refractivity contribution in [3.63, 3.8) is 0 Å². The van der Waals surface area contributed by atoms with Gasteiger partial charge in [-0.25, -0.2) is 15.0 Å². The average Bonchev–Trinajstić information content (AvgIpc) is 3.82. The highest BCUT2D eigenvalue weighted by atomic mass is 16.3. The van der Waals surface area contributed by atoms with E-state index in [1.54, 1.807) is 0 Å². The molecular weight excluding hydrogens is 685 g/mol. The lowest BCUT2D eigenvalue weighted by Gasteiger charge is -2.12. The molecule has 5 nitrogen and oxygen atoms in total. The number of aromatic nitrogens is 4. The number of benzene rings is 9. The second-order valence-electron chi connectivity index (χ2n) is 14.4. The van der Waals surface area contributed by atoms with E-state index in [2.05, 4.69) is 156 Å². The highest BCUT2D eigenvalue weighted by molar-refractivity contribution is 6.34. The first-order valence-corrected chi connectivity index (χ1v) is 18.9. The molecule has 0 unspecified atom stereocenters. The Morgan fingerprint density at radius 1 is 0.321 bits per heavy atom.